The molecule has 264 valence electrons. The first-order chi connectivity index (χ1) is 22.6. The van der Waals surface area contributed by atoms with Crippen LogP contribution in [0, 0.1) is 0 Å². The molecule has 0 bridgehead atoms. The molecule has 0 aromatic carbocycles. The summed E-state index contributed by atoms with van der Waals surface area (Å²) in [6, 6.07) is 0. The number of carbonyl (C=O) groups is 2. The van der Waals surface area contributed by atoms with Gasteiger partial charge in [0.15, 0.2) is 0 Å². The summed E-state index contributed by atoms with van der Waals surface area (Å²) < 4.78 is 5.86. The third-order valence-electron chi connectivity index (χ3n) is 8.25. The first-order valence-electron chi connectivity index (χ1n) is 19.3. The third kappa shape index (κ3) is 36.1. The highest BCUT2D eigenvalue weighted by Crippen LogP contribution is 2.18. The topological polar surface area (TPSA) is 63.6 Å². The van der Waals surface area contributed by atoms with Crippen LogP contribution in [0.15, 0.2) is 60.8 Å². The van der Waals surface area contributed by atoms with Gasteiger partial charge < -0.3 is 9.84 Å². The number of hydrogen-bond donors (Lipinski definition) is 1. The monoisotopic (exact) mass is 641 g/mol. The molecule has 0 amide bonds. The fraction of sp³-hybridized carbons (Fsp3) is 0.714. The van der Waals surface area contributed by atoms with E-state index in [0.717, 1.165) is 70.6 Å². The molecule has 1 atom stereocenters. The van der Waals surface area contributed by atoms with E-state index in [-0.39, 0.29) is 18.5 Å². The summed E-state index contributed by atoms with van der Waals surface area (Å²) >= 11 is 0. The Balaban J connectivity index is 4.02. The minimum atomic E-state index is -0.754. The number of rotatable bonds is 34. The zero-order valence-corrected chi connectivity index (χ0v) is 30.1. The summed E-state index contributed by atoms with van der Waals surface area (Å²) in [4.78, 5) is 23.4. The molecule has 4 nitrogen and oxygen atoms in total. The number of aliphatic carboxylic acids is 1. The van der Waals surface area contributed by atoms with Crippen LogP contribution in [-0.2, 0) is 14.3 Å². The molecule has 0 heterocycles. The van der Waals surface area contributed by atoms with Crippen LogP contribution < -0.4 is 0 Å². The second kappa shape index (κ2) is 37.1. The van der Waals surface area contributed by atoms with Gasteiger partial charge in [0.2, 0.25) is 0 Å². The highest BCUT2D eigenvalue weighted by Gasteiger charge is 2.14. The average Bonchev–Trinajstić information content (AvgIpc) is 3.04. The van der Waals surface area contributed by atoms with E-state index in [4.69, 9.17) is 9.84 Å². The molecule has 0 aromatic rings. The van der Waals surface area contributed by atoms with Gasteiger partial charge in [-0.05, 0) is 77.0 Å². The Morgan fingerprint density at radius 1 is 0.500 bits per heavy atom. The molecule has 1 unspecified atom stereocenters. The summed E-state index contributed by atoms with van der Waals surface area (Å²) in [5.41, 5.74) is 0. The van der Waals surface area contributed by atoms with Crippen LogP contribution in [-0.4, -0.2) is 23.1 Å². The predicted molar refractivity (Wildman–Crippen MR) is 199 cm³/mol. The summed E-state index contributed by atoms with van der Waals surface area (Å²) in [7, 11) is 0. The average molecular weight is 641 g/mol. The number of unbranched alkanes of at least 4 members (excludes halogenated alkanes) is 15. The van der Waals surface area contributed by atoms with Crippen LogP contribution in [0.2, 0.25) is 0 Å². The molecule has 0 saturated carbocycles. The van der Waals surface area contributed by atoms with Crippen molar-refractivity contribution in [3.05, 3.63) is 60.8 Å². The number of hydrogen-bond acceptors (Lipinski definition) is 3. The minimum absolute atomic E-state index is 0.0766. The minimum Gasteiger partial charge on any atom is -0.481 e. The van der Waals surface area contributed by atoms with Gasteiger partial charge in [0.1, 0.15) is 6.10 Å². The summed E-state index contributed by atoms with van der Waals surface area (Å²) in [5.74, 6) is -0.864. The molecule has 0 spiro atoms. The van der Waals surface area contributed by atoms with E-state index >= 15 is 0 Å². The number of allylic oxidation sites excluding steroid dienone is 10. The molecule has 0 aliphatic heterocycles. The fourth-order valence-corrected chi connectivity index (χ4v) is 5.45. The molecule has 0 aliphatic carbocycles. The van der Waals surface area contributed by atoms with Gasteiger partial charge in [-0.1, -0.05) is 158 Å². The third-order valence-corrected chi connectivity index (χ3v) is 8.25. The normalized spacial score (nSPS) is 12.9. The highest BCUT2D eigenvalue weighted by atomic mass is 16.5. The fourth-order valence-electron chi connectivity index (χ4n) is 5.45. The lowest BCUT2D eigenvalue weighted by Crippen LogP contribution is -2.18. The number of carbonyl (C=O) groups excluding carboxylic acids is 1. The van der Waals surface area contributed by atoms with Gasteiger partial charge in [-0.2, -0.15) is 0 Å². The maximum atomic E-state index is 12.5. The summed E-state index contributed by atoms with van der Waals surface area (Å²) in [5, 5.41) is 8.94. The van der Waals surface area contributed by atoms with Gasteiger partial charge in [-0.15, -0.1) is 0 Å². The first-order valence-corrected chi connectivity index (χ1v) is 19.3. The Morgan fingerprint density at radius 3 is 1.37 bits per heavy atom. The van der Waals surface area contributed by atoms with Gasteiger partial charge in [0.25, 0.3) is 0 Å². The zero-order chi connectivity index (χ0) is 33.6. The van der Waals surface area contributed by atoms with E-state index in [1.54, 1.807) is 0 Å². The highest BCUT2D eigenvalue weighted by molar-refractivity contribution is 5.69. The quantitative estimate of drug-likeness (QED) is 0.0432. The van der Waals surface area contributed by atoms with Crippen molar-refractivity contribution in [1.29, 1.82) is 0 Å². The largest absolute Gasteiger partial charge is 0.481 e. The van der Waals surface area contributed by atoms with Crippen molar-refractivity contribution in [3.8, 4) is 0 Å². The van der Waals surface area contributed by atoms with Crippen molar-refractivity contribution in [2.45, 2.75) is 193 Å². The SMILES string of the molecule is CC/C=C\C/C=C\C/C=C\C/C=C\C/C=C\CCCC(=O)OC(CCCCCCCCCCCCCCCC)CCCCC(=O)O. The predicted octanol–water partition coefficient (Wildman–Crippen LogP) is 13.3. The van der Waals surface area contributed by atoms with Gasteiger partial charge in [-0.25, -0.2) is 0 Å². The second-order valence-electron chi connectivity index (χ2n) is 12.7. The van der Waals surface area contributed by atoms with Gasteiger partial charge in [-0.3, -0.25) is 9.59 Å². The number of esters is 1. The summed E-state index contributed by atoms with van der Waals surface area (Å²) in [6.45, 7) is 4.43. The lowest BCUT2D eigenvalue weighted by atomic mass is 10.0. The van der Waals surface area contributed by atoms with Crippen LogP contribution in [0.3, 0.4) is 0 Å². The molecular formula is C42H72O4. The second-order valence-corrected chi connectivity index (χ2v) is 12.7. The lowest BCUT2D eigenvalue weighted by Gasteiger charge is -2.18. The maximum Gasteiger partial charge on any atom is 0.306 e. The Bertz CT molecular complexity index is 820. The van der Waals surface area contributed by atoms with Crippen LogP contribution in [0.1, 0.15) is 187 Å². The van der Waals surface area contributed by atoms with Crippen molar-refractivity contribution in [3.63, 3.8) is 0 Å². The molecule has 0 fully saturated rings. The number of carboxylic acid groups (broad SMARTS) is 1. The molecule has 0 radical (unpaired) electrons. The Kier molecular flexibility index (Phi) is 35.2. The molecule has 1 N–H and O–H groups in total. The Labute approximate surface area is 284 Å². The molecule has 0 saturated heterocycles. The van der Waals surface area contributed by atoms with Crippen molar-refractivity contribution >= 4 is 11.9 Å². The van der Waals surface area contributed by atoms with Crippen molar-refractivity contribution in [2.24, 2.45) is 0 Å². The van der Waals surface area contributed by atoms with E-state index in [2.05, 4.69) is 74.6 Å². The van der Waals surface area contributed by atoms with Crippen LogP contribution in [0.5, 0.6) is 0 Å². The van der Waals surface area contributed by atoms with Crippen LogP contribution >= 0.6 is 0 Å². The van der Waals surface area contributed by atoms with E-state index < -0.39 is 5.97 Å². The Morgan fingerprint density at radius 2 is 0.913 bits per heavy atom. The van der Waals surface area contributed by atoms with E-state index in [0.29, 0.717) is 12.8 Å². The van der Waals surface area contributed by atoms with E-state index in [9.17, 15) is 9.59 Å². The molecule has 0 aliphatic rings. The zero-order valence-electron chi connectivity index (χ0n) is 30.1. The molecule has 0 aromatic heterocycles. The van der Waals surface area contributed by atoms with Crippen LogP contribution in [0.4, 0.5) is 0 Å². The molecule has 46 heavy (non-hydrogen) atoms. The van der Waals surface area contributed by atoms with E-state index in [1.165, 1.54) is 83.5 Å². The van der Waals surface area contributed by atoms with Crippen molar-refractivity contribution in [1.82, 2.24) is 0 Å². The maximum absolute atomic E-state index is 12.5. The standard InChI is InChI=1S/C42H72O4/c1-3-5-7-9-11-13-15-17-19-20-21-23-25-27-29-31-33-39-42(45)46-40(37-34-35-38-41(43)44)36-32-30-28-26-24-22-18-16-14-12-10-8-6-4-2/h5,7,11,13,17,19,21,23,27,29,40H,3-4,6,8-10,12,14-16,18,20,22,24-26,28,30-39H2,1-2H3,(H,43,44)/b7-5-,13-11-,19-17-,23-21-,29-27-. The van der Waals surface area contributed by atoms with Gasteiger partial charge in [0.05, 0.1) is 0 Å². The van der Waals surface area contributed by atoms with Gasteiger partial charge >= 0.3 is 11.9 Å². The lowest BCUT2D eigenvalue weighted by molar-refractivity contribution is -0.150. The molecular weight excluding hydrogens is 568 g/mol. The van der Waals surface area contributed by atoms with E-state index in [1.807, 2.05) is 0 Å². The number of ether oxygens (including phenoxy) is 1. The van der Waals surface area contributed by atoms with Gasteiger partial charge in [0, 0.05) is 12.8 Å². The molecule has 4 heteroatoms. The van der Waals surface area contributed by atoms with Crippen molar-refractivity contribution in [2.75, 3.05) is 0 Å². The molecule has 0 rings (SSSR count). The smallest absolute Gasteiger partial charge is 0.306 e. The Hall–Kier alpha value is -2.36. The number of carboxylic acids is 1. The van der Waals surface area contributed by atoms with Crippen LogP contribution in [0.25, 0.3) is 0 Å². The summed E-state index contributed by atoms with van der Waals surface area (Å²) in [6.07, 6.45) is 50.9. The first kappa shape index (κ1) is 43.6. The van der Waals surface area contributed by atoms with Crippen molar-refractivity contribution < 1.29 is 19.4 Å².